The molecule has 0 aliphatic carbocycles. The van der Waals surface area contributed by atoms with Gasteiger partial charge in [0.05, 0.1) is 21.2 Å². The molecule has 0 saturated carbocycles. The number of carbonyl (C=O) groups is 2. The van der Waals surface area contributed by atoms with Gasteiger partial charge in [-0.05, 0) is 18.2 Å². The van der Waals surface area contributed by atoms with Gasteiger partial charge < -0.3 is 4.74 Å². The van der Waals surface area contributed by atoms with Crippen molar-refractivity contribution in [3.8, 4) is 0 Å². The predicted molar refractivity (Wildman–Crippen MR) is 120 cm³/mol. The summed E-state index contributed by atoms with van der Waals surface area (Å²) in [6.45, 7) is -0.658. The molecule has 0 unspecified atom stereocenters. The third-order valence-corrected chi connectivity index (χ3v) is 5.45. The van der Waals surface area contributed by atoms with Crippen LogP contribution >= 0.6 is 11.6 Å². The number of hydrazone groups is 1. The van der Waals surface area contributed by atoms with E-state index >= 15 is 0 Å². The molecule has 0 saturated heterocycles. The molecule has 3 N–H and O–H groups in total. The first-order chi connectivity index (χ1) is 15.3. The fourth-order valence-electron chi connectivity index (χ4n) is 2.68. The molecular formula is C22H18ClN3O5S. The largest absolute Gasteiger partial charge is 0.452 e. The van der Waals surface area contributed by atoms with Crippen LogP contribution < -0.4 is 10.6 Å². The fourth-order valence-corrected chi connectivity index (χ4v) is 3.42. The molecule has 0 radical (unpaired) electrons. The highest BCUT2D eigenvalue weighted by Gasteiger charge is 2.18. The van der Waals surface area contributed by atoms with Crippen LogP contribution in [0, 0.1) is 0 Å². The van der Waals surface area contributed by atoms with E-state index in [4.69, 9.17) is 21.5 Å². The van der Waals surface area contributed by atoms with Crippen LogP contribution in [0.25, 0.3) is 0 Å². The zero-order valence-corrected chi connectivity index (χ0v) is 18.1. The molecule has 0 fully saturated rings. The quantitative estimate of drug-likeness (QED) is 0.311. The van der Waals surface area contributed by atoms with Crippen molar-refractivity contribution in [2.45, 2.75) is 4.90 Å². The van der Waals surface area contributed by atoms with Crippen molar-refractivity contribution >= 4 is 39.2 Å². The summed E-state index contributed by atoms with van der Waals surface area (Å²) in [7, 11) is -4.04. The highest BCUT2D eigenvalue weighted by molar-refractivity contribution is 7.89. The lowest BCUT2D eigenvalue weighted by atomic mass is 10.0. The van der Waals surface area contributed by atoms with Gasteiger partial charge in [0.25, 0.3) is 5.91 Å². The molecule has 10 heteroatoms. The number of carbonyl (C=O) groups excluding carboxylic acids is 2. The minimum absolute atomic E-state index is 0.0451. The van der Waals surface area contributed by atoms with Crippen molar-refractivity contribution in [2.75, 3.05) is 6.61 Å². The molecule has 8 nitrogen and oxygen atoms in total. The molecule has 3 rings (SSSR count). The average molecular weight is 472 g/mol. The average Bonchev–Trinajstić information content (AvgIpc) is 2.78. The van der Waals surface area contributed by atoms with Crippen LogP contribution in [0.2, 0.25) is 5.02 Å². The van der Waals surface area contributed by atoms with Gasteiger partial charge in [0, 0.05) is 11.1 Å². The van der Waals surface area contributed by atoms with Crippen molar-refractivity contribution in [1.29, 1.82) is 0 Å². The summed E-state index contributed by atoms with van der Waals surface area (Å²) in [6.07, 6.45) is 0. The summed E-state index contributed by atoms with van der Waals surface area (Å²) in [6, 6.07) is 21.8. The summed E-state index contributed by atoms with van der Waals surface area (Å²) in [5.41, 5.74) is 4.21. The van der Waals surface area contributed by atoms with Crippen molar-refractivity contribution in [3.05, 3.63) is 101 Å². The first kappa shape index (κ1) is 23.1. The number of primary sulfonamides is 1. The molecule has 3 aromatic rings. The Bertz CT molecular complexity index is 1220. The number of nitrogens with two attached hydrogens (primary N) is 1. The van der Waals surface area contributed by atoms with Gasteiger partial charge in [-0.15, -0.1) is 0 Å². The first-order valence-electron chi connectivity index (χ1n) is 9.22. The highest BCUT2D eigenvalue weighted by Crippen LogP contribution is 2.20. The summed E-state index contributed by atoms with van der Waals surface area (Å²) in [4.78, 5) is 24.2. The topological polar surface area (TPSA) is 128 Å². The third-order valence-electron chi connectivity index (χ3n) is 4.21. The Kier molecular flexibility index (Phi) is 7.37. The number of ether oxygens (including phenoxy) is 1. The van der Waals surface area contributed by atoms with Crippen molar-refractivity contribution in [2.24, 2.45) is 10.2 Å². The standard InChI is InChI=1S/C22H18ClN3O5S/c23-19-12-11-17(32(24,29)30)13-18(19)22(28)31-14-20(27)25-26-21(15-7-3-1-4-8-15)16-9-5-2-6-10-16/h1-13H,14H2,(H,25,27)(H2,24,29,30). The van der Waals surface area contributed by atoms with Gasteiger partial charge in [-0.3, -0.25) is 4.79 Å². The van der Waals surface area contributed by atoms with Gasteiger partial charge in [0.1, 0.15) is 0 Å². The maximum Gasteiger partial charge on any atom is 0.340 e. The smallest absolute Gasteiger partial charge is 0.340 e. The Balaban J connectivity index is 1.71. The number of hydrogen-bond acceptors (Lipinski definition) is 6. The molecule has 0 heterocycles. The number of nitrogens with one attached hydrogen (secondary N) is 1. The van der Waals surface area contributed by atoms with Crippen LogP contribution in [0.15, 0.2) is 88.9 Å². The first-order valence-corrected chi connectivity index (χ1v) is 11.1. The van der Waals surface area contributed by atoms with Gasteiger partial charge in [0.15, 0.2) is 6.61 Å². The van der Waals surface area contributed by atoms with Crippen LogP contribution in [-0.2, 0) is 19.6 Å². The number of rotatable bonds is 7. The van der Waals surface area contributed by atoms with Crippen LogP contribution in [0.4, 0.5) is 0 Å². The molecule has 164 valence electrons. The van der Waals surface area contributed by atoms with Crippen LogP contribution in [0.1, 0.15) is 21.5 Å². The Morgan fingerprint density at radius 1 is 0.938 bits per heavy atom. The Hall–Kier alpha value is -3.53. The molecule has 0 aliphatic heterocycles. The van der Waals surface area contributed by atoms with Crippen LogP contribution in [0.5, 0.6) is 0 Å². The number of amides is 1. The van der Waals surface area contributed by atoms with Gasteiger partial charge in [-0.1, -0.05) is 72.3 Å². The second kappa shape index (κ2) is 10.2. The molecule has 0 atom stereocenters. The van der Waals surface area contributed by atoms with E-state index in [9.17, 15) is 18.0 Å². The minimum atomic E-state index is -4.04. The van der Waals surface area contributed by atoms with Crippen LogP contribution in [-0.4, -0.2) is 32.6 Å². The zero-order chi connectivity index (χ0) is 23.1. The monoisotopic (exact) mass is 471 g/mol. The summed E-state index contributed by atoms with van der Waals surface area (Å²) < 4.78 is 27.9. The van der Waals surface area contributed by atoms with Crippen molar-refractivity contribution in [1.82, 2.24) is 5.43 Å². The molecule has 0 spiro atoms. The summed E-state index contributed by atoms with van der Waals surface area (Å²) in [5, 5.41) is 9.20. The number of nitrogens with zero attached hydrogens (tertiary/aromatic N) is 1. The van der Waals surface area contributed by atoms with E-state index in [1.54, 1.807) is 0 Å². The zero-order valence-electron chi connectivity index (χ0n) is 16.6. The SMILES string of the molecule is NS(=O)(=O)c1ccc(Cl)c(C(=O)OCC(=O)NN=C(c2ccccc2)c2ccccc2)c1. The molecule has 3 aromatic carbocycles. The Labute approximate surface area is 189 Å². The lowest BCUT2D eigenvalue weighted by molar-refractivity contribution is -0.124. The number of benzene rings is 3. The molecule has 0 aromatic heterocycles. The predicted octanol–water partition coefficient (Wildman–Crippen LogP) is 2.71. The lowest BCUT2D eigenvalue weighted by Gasteiger charge is -2.09. The third kappa shape index (κ3) is 6.01. The number of sulfonamides is 1. The fraction of sp³-hybridized carbons (Fsp3) is 0.0455. The lowest BCUT2D eigenvalue weighted by Crippen LogP contribution is -2.26. The van der Waals surface area contributed by atoms with Gasteiger partial charge in [-0.2, -0.15) is 5.10 Å². The van der Waals surface area contributed by atoms with E-state index < -0.39 is 28.5 Å². The number of esters is 1. The number of hydrogen-bond donors (Lipinski definition) is 2. The Morgan fingerprint density at radius 2 is 1.50 bits per heavy atom. The van der Waals surface area contributed by atoms with E-state index in [0.29, 0.717) is 5.71 Å². The van der Waals surface area contributed by atoms with Crippen LogP contribution in [0.3, 0.4) is 0 Å². The molecular weight excluding hydrogens is 454 g/mol. The van der Waals surface area contributed by atoms with E-state index in [0.717, 1.165) is 23.3 Å². The van der Waals surface area contributed by atoms with Gasteiger partial charge in [0.2, 0.25) is 10.0 Å². The van der Waals surface area contributed by atoms with Gasteiger partial charge >= 0.3 is 5.97 Å². The summed E-state index contributed by atoms with van der Waals surface area (Å²) >= 11 is 5.94. The van der Waals surface area contributed by atoms with E-state index in [-0.39, 0.29) is 15.5 Å². The van der Waals surface area contributed by atoms with E-state index in [2.05, 4.69) is 10.5 Å². The van der Waals surface area contributed by atoms with Gasteiger partial charge in [-0.25, -0.2) is 23.8 Å². The van der Waals surface area contributed by atoms with E-state index in [1.165, 1.54) is 6.07 Å². The molecule has 0 bridgehead atoms. The van der Waals surface area contributed by atoms with Crippen molar-refractivity contribution < 1.29 is 22.7 Å². The van der Waals surface area contributed by atoms with E-state index in [1.807, 2.05) is 60.7 Å². The Morgan fingerprint density at radius 3 is 2.03 bits per heavy atom. The normalized spacial score (nSPS) is 10.8. The maximum atomic E-state index is 12.3. The minimum Gasteiger partial charge on any atom is -0.452 e. The highest BCUT2D eigenvalue weighted by atomic mass is 35.5. The van der Waals surface area contributed by atoms with Crippen molar-refractivity contribution in [3.63, 3.8) is 0 Å². The maximum absolute atomic E-state index is 12.3. The second-order valence-electron chi connectivity index (χ2n) is 6.49. The number of halogens is 1. The summed E-state index contributed by atoms with van der Waals surface area (Å²) in [5.74, 6) is -1.67. The molecule has 1 amide bonds. The second-order valence-corrected chi connectivity index (χ2v) is 8.46. The molecule has 32 heavy (non-hydrogen) atoms. The molecule has 0 aliphatic rings.